The maximum atomic E-state index is 12.6. The van der Waals surface area contributed by atoms with Gasteiger partial charge in [-0.15, -0.1) is 0 Å². The minimum atomic E-state index is -3.65. The van der Waals surface area contributed by atoms with E-state index < -0.39 is 10.0 Å². The number of sulfonamides is 1. The summed E-state index contributed by atoms with van der Waals surface area (Å²) < 4.78 is 26.4. The largest absolute Gasteiger partial charge is 0.349 e. The van der Waals surface area contributed by atoms with Gasteiger partial charge in [0.05, 0.1) is 10.4 Å². The number of benzene rings is 1. The highest BCUT2D eigenvalue weighted by Gasteiger charge is 2.41. The van der Waals surface area contributed by atoms with Gasteiger partial charge in [-0.05, 0) is 51.2 Å². The Morgan fingerprint density at radius 1 is 1.26 bits per heavy atom. The number of carbonyl (C=O) groups excluding carboxylic acids is 2. The number of hydrogen-bond acceptors (Lipinski definition) is 5. The van der Waals surface area contributed by atoms with Crippen molar-refractivity contribution in [1.29, 1.82) is 0 Å². The number of nitrogens with two attached hydrogens (primary N) is 1. The van der Waals surface area contributed by atoms with Crippen LogP contribution in [0, 0.1) is 5.92 Å². The fourth-order valence-corrected chi connectivity index (χ4v) is 4.25. The molecule has 1 aromatic carbocycles. The normalized spacial score (nSPS) is 16.8. The van der Waals surface area contributed by atoms with E-state index in [9.17, 15) is 18.0 Å². The van der Waals surface area contributed by atoms with Gasteiger partial charge in [-0.25, -0.2) is 12.7 Å². The zero-order valence-corrected chi connectivity index (χ0v) is 17.0. The Morgan fingerprint density at radius 3 is 2.33 bits per heavy atom. The van der Waals surface area contributed by atoms with Crippen LogP contribution in [0.2, 0.25) is 0 Å². The molecule has 1 atom stereocenters. The van der Waals surface area contributed by atoms with Gasteiger partial charge in [0.15, 0.2) is 5.78 Å². The molecule has 0 spiro atoms. The average molecular weight is 396 g/mol. The number of nitrogens with zero attached hydrogens (tertiary/aromatic N) is 1. The average Bonchev–Trinajstić information content (AvgIpc) is 3.47. The summed E-state index contributed by atoms with van der Waals surface area (Å²) in [5.41, 5.74) is 5.90. The molecule has 3 N–H and O–H groups in total. The SMILES string of the molecule is CC(=O)c1ccc(S(=O)(=O)N(C)CCCC(=O)NC(C)(CN)C2CC2)cc1. The van der Waals surface area contributed by atoms with Gasteiger partial charge in [0.2, 0.25) is 15.9 Å². The number of hydrogen-bond donors (Lipinski definition) is 2. The van der Waals surface area contributed by atoms with Crippen LogP contribution in [0.4, 0.5) is 0 Å². The molecule has 150 valence electrons. The topological polar surface area (TPSA) is 110 Å². The third kappa shape index (κ3) is 5.37. The van der Waals surface area contributed by atoms with Gasteiger partial charge in [0.25, 0.3) is 0 Å². The molecule has 0 aliphatic heterocycles. The van der Waals surface area contributed by atoms with Crippen molar-refractivity contribution in [3.63, 3.8) is 0 Å². The molecule has 1 fully saturated rings. The van der Waals surface area contributed by atoms with E-state index in [2.05, 4.69) is 5.32 Å². The van der Waals surface area contributed by atoms with Gasteiger partial charge >= 0.3 is 0 Å². The smallest absolute Gasteiger partial charge is 0.242 e. The van der Waals surface area contributed by atoms with Gasteiger partial charge < -0.3 is 11.1 Å². The highest BCUT2D eigenvalue weighted by molar-refractivity contribution is 7.89. The fourth-order valence-electron chi connectivity index (χ4n) is 3.05. The van der Waals surface area contributed by atoms with Crippen LogP contribution in [0.1, 0.15) is 49.9 Å². The first-order valence-electron chi connectivity index (χ1n) is 9.18. The monoisotopic (exact) mass is 395 g/mol. The molecule has 2 rings (SSSR count). The highest BCUT2D eigenvalue weighted by atomic mass is 32.2. The Balaban J connectivity index is 1.87. The lowest BCUT2D eigenvalue weighted by molar-refractivity contribution is -0.123. The Bertz CT molecular complexity index is 788. The van der Waals surface area contributed by atoms with Crippen LogP contribution < -0.4 is 11.1 Å². The molecule has 0 aromatic heterocycles. The van der Waals surface area contributed by atoms with Crippen LogP contribution in [0.25, 0.3) is 0 Å². The van der Waals surface area contributed by atoms with Gasteiger partial charge in [-0.2, -0.15) is 0 Å². The lowest BCUT2D eigenvalue weighted by atomic mass is 9.95. The molecule has 7 nitrogen and oxygen atoms in total. The van der Waals surface area contributed by atoms with Gasteiger partial charge in [-0.3, -0.25) is 9.59 Å². The van der Waals surface area contributed by atoms with E-state index in [1.807, 2.05) is 6.92 Å². The standard InChI is InChI=1S/C19H29N3O4S/c1-14(23)15-6-10-17(11-7-15)27(25,26)22(3)12-4-5-18(24)21-19(2,13-20)16-8-9-16/h6-7,10-11,16H,4-5,8-9,12-13,20H2,1-3H3,(H,21,24). The van der Waals surface area contributed by atoms with Gasteiger partial charge in [0.1, 0.15) is 0 Å². The molecule has 1 saturated carbocycles. The maximum absolute atomic E-state index is 12.6. The van der Waals surface area contributed by atoms with E-state index in [0.717, 1.165) is 12.8 Å². The number of ketones is 1. The Hall–Kier alpha value is -1.77. The zero-order chi connectivity index (χ0) is 20.2. The number of carbonyl (C=O) groups is 2. The molecule has 0 radical (unpaired) electrons. The Morgan fingerprint density at radius 2 is 1.85 bits per heavy atom. The summed E-state index contributed by atoms with van der Waals surface area (Å²) in [5.74, 6) is 0.216. The zero-order valence-electron chi connectivity index (χ0n) is 16.2. The second kappa shape index (κ2) is 8.50. The minimum Gasteiger partial charge on any atom is -0.349 e. The first-order valence-corrected chi connectivity index (χ1v) is 10.6. The predicted octanol–water partition coefficient (Wildman–Crippen LogP) is 1.53. The number of nitrogens with one attached hydrogen (secondary N) is 1. The second-order valence-electron chi connectivity index (χ2n) is 7.45. The third-order valence-electron chi connectivity index (χ3n) is 5.17. The second-order valence-corrected chi connectivity index (χ2v) is 9.50. The van der Waals surface area contributed by atoms with Crippen LogP contribution in [0.15, 0.2) is 29.2 Å². The molecular weight excluding hydrogens is 366 g/mol. The summed E-state index contributed by atoms with van der Waals surface area (Å²) in [4.78, 5) is 23.6. The molecule has 0 heterocycles. The lowest BCUT2D eigenvalue weighted by Gasteiger charge is -2.29. The van der Waals surface area contributed by atoms with Crippen LogP contribution in [-0.4, -0.2) is 50.1 Å². The van der Waals surface area contributed by atoms with Crippen LogP contribution in [-0.2, 0) is 14.8 Å². The van der Waals surface area contributed by atoms with Gasteiger partial charge in [-0.1, -0.05) is 12.1 Å². The number of rotatable bonds is 10. The molecule has 1 unspecified atom stereocenters. The molecule has 1 aliphatic rings. The third-order valence-corrected chi connectivity index (χ3v) is 7.04. The lowest BCUT2D eigenvalue weighted by Crippen LogP contribution is -2.53. The molecule has 27 heavy (non-hydrogen) atoms. The molecule has 1 aliphatic carbocycles. The predicted molar refractivity (Wildman–Crippen MR) is 104 cm³/mol. The molecule has 0 bridgehead atoms. The van der Waals surface area contributed by atoms with Crippen molar-refractivity contribution < 1.29 is 18.0 Å². The summed E-state index contributed by atoms with van der Waals surface area (Å²) in [6, 6.07) is 5.86. The van der Waals surface area contributed by atoms with Crippen molar-refractivity contribution >= 4 is 21.7 Å². The summed E-state index contributed by atoms with van der Waals surface area (Å²) in [5, 5.41) is 3.00. The van der Waals surface area contributed by atoms with Crippen molar-refractivity contribution in [1.82, 2.24) is 9.62 Å². The molecule has 1 amide bonds. The van der Waals surface area contributed by atoms with Crippen molar-refractivity contribution in [3.05, 3.63) is 29.8 Å². The molecule has 1 aromatic rings. The summed E-state index contributed by atoms with van der Waals surface area (Å²) in [6.07, 6.45) is 2.82. The molecule has 0 saturated heterocycles. The van der Waals surface area contributed by atoms with E-state index in [-0.39, 0.29) is 35.1 Å². The maximum Gasteiger partial charge on any atom is 0.242 e. The molecular formula is C19H29N3O4S. The van der Waals surface area contributed by atoms with E-state index in [1.54, 1.807) is 0 Å². The molecule has 8 heteroatoms. The van der Waals surface area contributed by atoms with E-state index >= 15 is 0 Å². The first kappa shape index (κ1) is 21.5. The van der Waals surface area contributed by atoms with Crippen molar-refractivity contribution in [2.45, 2.75) is 50.0 Å². The van der Waals surface area contributed by atoms with Crippen LogP contribution in [0.5, 0.6) is 0 Å². The summed E-state index contributed by atoms with van der Waals surface area (Å²) in [7, 11) is -2.17. The van der Waals surface area contributed by atoms with Crippen molar-refractivity contribution in [2.75, 3.05) is 20.1 Å². The minimum absolute atomic E-state index is 0.105. The number of Topliss-reactive ketones (excluding diaryl/α,β-unsaturated/α-hetero) is 1. The van der Waals surface area contributed by atoms with Crippen LogP contribution >= 0.6 is 0 Å². The fraction of sp³-hybridized carbons (Fsp3) is 0.579. The highest BCUT2D eigenvalue weighted by Crippen LogP contribution is 2.39. The van der Waals surface area contributed by atoms with Crippen molar-refractivity contribution in [3.8, 4) is 0 Å². The summed E-state index contributed by atoms with van der Waals surface area (Å²) in [6.45, 7) is 4.02. The van der Waals surface area contributed by atoms with Gasteiger partial charge in [0, 0.05) is 32.1 Å². The summed E-state index contributed by atoms with van der Waals surface area (Å²) >= 11 is 0. The van der Waals surface area contributed by atoms with E-state index in [1.165, 1.54) is 42.5 Å². The van der Waals surface area contributed by atoms with Crippen LogP contribution in [0.3, 0.4) is 0 Å². The Labute approximate surface area is 161 Å². The Kier molecular flexibility index (Phi) is 6.77. The van der Waals surface area contributed by atoms with Crippen molar-refractivity contribution in [2.24, 2.45) is 11.7 Å². The first-order chi connectivity index (χ1) is 12.6. The quantitative estimate of drug-likeness (QED) is 0.584. The number of amides is 1. The van der Waals surface area contributed by atoms with E-state index in [4.69, 9.17) is 5.73 Å². The van der Waals surface area contributed by atoms with E-state index in [0.29, 0.717) is 24.4 Å².